The largest absolute Gasteiger partial charge is 1.00 e. The van der Waals surface area contributed by atoms with Crippen LogP contribution in [0, 0.1) is 0 Å². The first kappa shape index (κ1) is 29.5. The molecule has 0 aliphatic carbocycles. The van der Waals surface area contributed by atoms with Gasteiger partial charge in [0.2, 0.25) is 5.69 Å². The molecular weight excluding hydrogens is 391 g/mol. The smallest absolute Gasteiger partial charge is 0.257 e. The van der Waals surface area contributed by atoms with E-state index in [0.29, 0.717) is 5.56 Å². The number of aryl methyl sites for hydroxylation is 2. The predicted molar refractivity (Wildman–Crippen MR) is 95.4 cm³/mol. The molecule has 2 aromatic heterocycles. The third kappa shape index (κ3) is 11.9. The second-order valence-electron chi connectivity index (χ2n) is 6.44. The third-order valence-corrected chi connectivity index (χ3v) is 2.98. The normalized spacial score (nSPS) is 9.67. The molecule has 152 valence electrons. The zero-order valence-electron chi connectivity index (χ0n) is 16.1. The van der Waals surface area contributed by atoms with Crippen LogP contribution in [0.15, 0.2) is 54.1 Å². The maximum Gasteiger partial charge on any atom is 0.257 e. The fourth-order valence-electron chi connectivity index (χ4n) is 1.86. The second kappa shape index (κ2) is 13.9. The lowest BCUT2D eigenvalue weighted by molar-refractivity contribution is -0.672. The number of nitrogens with zero attached hydrogens (tertiary/aromatic N) is 3. The SMILES string of the molecule is C[n+]1cccc(C(=O)NC(C)(C)C)c1.C[n+]1ccccc1C=NO.O.[Cl-].[Cl-]. The van der Waals surface area contributed by atoms with E-state index in [0.717, 1.165) is 5.69 Å². The van der Waals surface area contributed by atoms with Gasteiger partial charge in [0.1, 0.15) is 25.9 Å². The summed E-state index contributed by atoms with van der Waals surface area (Å²) in [5.74, 6) is -0.0336. The molecule has 7 nitrogen and oxygen atoms in total. The summed E-state index contributed by atoms with van der Waals surface area (Å²) in [7, 11) is 3.78. The number of aromatic nitrogens is 2. The van der Waals surface area contributed by atoms with Gasteiger partial charge in [-0.15, -0.1) is 0 Å². The Morgan fingerprint density at radius 1 is 1.11 bits per heavy atom. The number of carbonyl (C=O) groups is 1. The first-order chi connectivity index (χ1) is 11.2. The Morgan fingerprint density at radius 2 is 1.74 bits per heavy atom. The van der Waals surface area contributed by atoms with Gasteiger partial charge in [-0.25, -0.2) is 9.13 Å². The Bertz CT molecular complexity index is 720. The highest BCUT2D eigenvalue weighted by molar-refractivity contribution is 5.94. The van der Waals surface area contributed by atoms with Crippen molar-refractivity contribution in [3.05, 3.63) is 60.2 Å². The van der Waals surface area contributed by atoms with Crippen LogP contribution in [0.2, 0.25) is 0 Å². The molecule has 0 fully saturated rings. The maximum absolute atomic E-state index is 11.7. The van der Waals surface area contributed by atoms with Gasteiger partial charge in [0.05, 0.1) is 0 Å². The summed E-state index contributed by atoms with van der Waals surface area (Å²) >= 11 is 0. The Balaban J connectivity index is -0.000000400. The Labute approximate surface area is 172 Å². The summed E-state index contributed by atoms with van der Waals surface area (Å²) < 4.78 is 3.72. The van der Waals surface area contributed by atoms with Crippen LogP contribution in [-0.2, 0) is 14.1 Å². The van der Waals surface area contributed by atoms with Gasteiger partial charge in [0.25, 0.3) is 5.91 Å². The minimum atomic E-state index is -0.189. The van der Waals surface area contributed by atoms with E-state index >= 15 is 0 Å². The highest BCUT2D eigenvalue weighted by Gasteiger charge is 2.16. The standard InChI is InChI=1S/C11H16N2O.C7H8N2O.2ClH.H2O/c1-11(2,3)12-10(14)9-6-5-7-13(4)8-9;1-9-5-3-2-4-7(9)6-8-10;;;/h5-8H,1-4H3;2-6H,1H3;2*1H;1H2. The van der Waals surface area contributed by atoms with Crippen molar-refractivity contribution >= 4 is 12.1 Å². The zero-order valence-corrected chi connectivity index (χ0v) is 17.7. The maximum atomic E-state index is 11.7. The molecule has 0 saturated carbocycles. The van der Waals surface area contributed by atoms with Crippen molar-refractivity contribution in [3.63, 3.8) is 0 Å². The quantitative estimate of drug-likeness (QED) is 0.220. The van der Waals surface area contributed by atoms with Gasteiger partial charge in [0.15, 0.2) is 18.6 Å². The van der Waals surface area contributed by atoms with Crippen molar-refractivity contribution in [1.82, 2.24) is 5.32 Å². The van der Waals surface area contributed by atoms with Gasteiger partial charge in [-0.2, -0.15) is 0 Å². The lowest BCUT2D eigenvalue weighted by Gasteiger charge is -2.19. The summed E-state index contributed by atoms with van der Waals surface area (Å²) in [5, 5.41) is 14.0. The van der Waals surface area contributed by atoms with E-state index in [-0.39, 0.29) is 41.7 Å². The number of hydrogen-bond donors (Lipinski definition) is 2. The van der Waals surface area contributed by atoms with E-state index in [1.54, 1.807) is 12.3 Å². The summed E-state index contributed by atoms with van der Waals surface area (Å²) in [4.78, 5) is 11.7. The van der Waals surface area contributed by atoms with Crippen LogP contribution >= 0.6 is 0 Å². The molecule has 2 heterocycles. The van der Waals surface area contributed by atoms with Gasteiger partial charge in [-0.1, -0.05) is 5.16 Å². The predicted octanol–water partition coefficient (Wildman–Crippen LogP) is -5.46. The Hall–Kier alpha value is -2.22. The molecule has 4 N–H and O–H groups in total. The van der Waals surface area contributed by atoms with Crippen molar-refractivity contribution in [2.24, 2.45) is 19.3 Å². The van der Waals surface area contributed by atoms with Gasteiger partial charge in [-0.05, 0) is 32.9 Å². The molecule has 0 unspecified atom stereocenters. The molecule has 0 bridgehead atoms. The fraction of sp³-hybridized carbons (Fsp3) is 0.333. The number of halogens is 2. The third-order valence-electron chi connectivity index (χ3n) is 2.98. The fourth-order valence-corrected chi connectivity index (χ4v) is 1.86. The van der Waals surface area contributed by atoms with Crippen LogP contribution in [0.5, 0.6) is 0 Å². The minimum absolute atomic E-state index is 0. The van der Waals surface area contributed by atoms with Crippen molar-refractivity contribution in [1.29, 1.82) is 0 Å². The number of pyridine rings is 2. The van der Waals surface area contributed by atoms with Crippen molar-refractivity contribution in [2.45, 2.75) is 26.3 Å². The van der Waals surface area contributed by atoms with Gasteiger partial charge in [-0.3, -0.25) is 4.79 Å². The first-order valence-corrected chi connectivity index (χ1v) is 7.63. The number of carbonyl (C=O) groups excluding carboxylic acids is 1. The van der Waals surface area contributed by atoms with Crippen molar-refractivity contribution in [2.75, 3.05) is 0 Å². The molecule has 0 radical (unpaired) electrons. The molecule has 0 spiro atoms. The van der Waals surface area contributed by atoms with E-state index < -0.39 is 0 Å². The molecule has 0 aliphatic rings. The summed E-state index contributed by atoms with van der Waals surface area (Å²) in [6.45, 7) is 5.90. The van der Waals surface area contributed by atoms with Gasteiger partial charge in [0, 0.05) is 23.7 Å². The molecule has 9 heteroatoms. The molecule has 1 amide bonds. The van der Waals surface area contributed by atoms with Crippen LogP contribution in [0.4, 0.5) is 0 Å². The molecule has 0 aromatic carbocycles. The molecule has 2 aromatic rings. The molecule has 0 atom stereocenters. The summed E-state index contributed by atoms with van der Waals surface area (Å²) in [6.07, 6.45) is 6.98. The van der Waals surface area contributed by atoms with Crippen LogP contribution in [-0.4, -0.2) is 28.3 Å². The van der Waals surface area contributed by atoms with E-state index in [2.05, 4.69) is 10.5 Å². The topological polar surface area (TPSA) is 101 Å². The van der Waals surface area contributed by atoms with Crippen molar-refractivity contribution < 1.29 is 49.4 Å². The lowest BCUT2D eigenvalue weighted by Crippen LogP contribution is -3.00. The van der Waals surface area contributed by atoms with Crippen LogP contribution in [0.1, 0.15) is 36.8 Å². The van der Waals surface area contributed by atoms with Crippen LogP contribution in [0.3, 0.4) is 0 Å². The number of nitrogens with one attached hydrogen (secondary N) is 1. The van der Waals surface area contributed by atoms with Gasteiger partial charge >= 0.3 is 0 Å². The Morgan fingerprint density at radius 3 is 2.22 bits per heavy atom. The highest BCUT2D eigenvalue weighted by atomic mass is 35.5. The minimum Gasteiger partial charge on any atom is -1.00 e. The molecule has 0 saturated heterocycles. The van der Waals surface area contributed by atoms with E-state index in [4.69, 9.17) is 5.21 Å². The zero-order chi connectivity index (χ0) is 18.2. The number of amides is 1. The highest BCUT2D eigenvalue weighted by Crippen LogP contribution is 2.02. The number of rotatable bonds is 2. The second-order valence-corrected chi connectivity index (χ2v) is 6.44. The Kier molecular flexibility index (Phi) is 15.2. The average molecular weight is 419 g/mol. The van der Waals surface area contributed by atoms with Crippen LogP contribution in [0.25, 0.3) is 0 Å². The molecular formula is C18H28Cl2N4O3. The first-order valence-electron chi connectivity index (χ1n) is 7.63. The summed E-state index contributed by atoms with van der Waals surface area (Å²) in [6, 6.07) is 9.32. The lowest BCUT2D eigenvalue weighted by atomic mass is 10.1. The molecule has 27 heavy (non-hydrogen) atoms. The van der Waals surface area contributed by atoms with Gasteiger partial charge < -0.3 is 40.8 Å². The summed E-state index contributed by atoms with van der Waals surface area (Å²) in [5.41, 5.74) is 1.36. The van der Waals surface area contributed by atoms with Crippen LogP contribution < -0.4 is 39.3 Å². The average Bonchev–Trinajstić information content (AvgIpc) is 2.49. The van der Waals surface area contributed by atoms with E-state index in [9.17, 15) is 4.79 Å². The molecule has 0 aliphatic heterocycles. The van der Waals surface area contributed by atoms with E-state index in [1.807, 2.05) is 80.7 Å². The molecule has 2 rings (SSSR count). The van der Waals surface area contributed by atoms with E-state index in [1.165, 1.54) is 6.21 Å². The van der Waals surface area contributed by atoms with Crippen molar-refractivity contribution in [3.8, 4) is 0 Å². The monoisotopic (exact) mass is 418 g/mol. The number of oxime groups is 1. The number of hydrogen-bond acceptors (Lipinski definition) is 3.